The summed E-state index contributed by atoms with van der Waals surface area (Å²) in [6, 6.07) is 7.91. The molecule has 0 radical (unpaired) electrons. The van der Waals surface area contributed by atoms with E-state index in [1.165, 1.54) is 4.88 Å². The van der Waals surface area contributed by atoms with Crippen molar-refractivity contribution in [3.8, 4) is 5.75 Å². The quantitative estimate of drug-likeness (QED) is 0.799. The highest BCUT2D eigenvalue weighted by Gasteiger charge is 2.12. The van der Waals surface area contributed by atoms with Gasteiger partial charge in [0.05, 0.1) is 23.2 Å². The van der Waals surface area contributed by atoms with E-state index >= 15 is 0 Å². The van der Waals surface area contributed by atoms with E-state index in [0.717, 1.165) is 21.3 Å². The number of hydrogen-bond acceptors (Lipinski definition) is 3. The summed E-state index contributed by atoms with van der Waals surface area (Å²) in [4.78, 5) is 1.18. The fourth-order valence-electron chi connectivity index (χ4n) is 1.81. The predicted octanol–water partition coefficient (Wildman–Crippen LogP) is 5.55. The summed E-state index contributed by atoms with van der Waals surface area (Å²) < 4.78 is 6.15. The first-order chi connectivity index (χ1) is 9.01. The molecule has 0 amide bonds. The molecule has 0 spiro atoms. The van der Waals surface area contributed by atoms with Crippen LogP contribution < -0.4 is 10.1 Å². The smallest absolute Gasteiger partial charge is 0.143 e. The summed E-state index contributed by atoms with van der Waals surface area (Å²) in [5.74, 6) is 0.741. The van der Waals surface area contributed by atoms with E-state index in [9.17, 15) is 0 Å². The number of anilines is 1. The Bertz CT molecular complexity index is 583. The van der Waals surface area contributed by atoms with Crippen LogP contribution >= 0.6 is 34.5 Å². The minimum absolute atomic E-state index is 0.159. The molecule has 0 saturated heterocycles. The van der Waals surface area contributed by atoms with Crippen LogP contribution in [0.5, 0.6) is 5.75 Å². The fourth-order valence-corrected chi connectivity index (χ4v) is 3.03. The average Bonchev–Trinajstić information content (AvgIpc) is 2.80. The zero-order chi connectivity index (χ0) is 14.0. The molecule has 1 atom stereocenters. The predicted molar refractivity (Wildman–Crippen MR) is 84.1 cm³/mol. The monoisotopic (exact) mass is 315 g/mol. The molecule has 0 aliphatic rings. The minimum atomic E-state index is 0.159. The van der Waals surface area contributed by atoms with Crippen molar-refractivity contribution in [1.82, 2.24) is 0 Å². The zero-order valence-electron chi connectivity index (χ0n) is 11.0. The average molecular weight is 316 g/mol. The maximum absolute atomic E-state index is 6.10. The van der Waals surface area contributed by atoms with Crippen molar-refractivity contribution < 1.29 is 4.74 Å². The molecule has 1 aromatic carbocycles. The molecule has 19 heavy (non-hydrogen) atoms. The van der Waals surface area contributed by atoms with Crippen LogP contribution in [0.4, 0.5) is 5.69 Å². The number of benzene rings is 1. The Labute approximate surface area is 127 Å². The number of thiophene rings is 1. The second kappa shape index (κ2) is 6.04. The zero-order valence-corrected chi connectivity index (χ0v) is 13.3. The van der Waals surface area contributed by atoms with Crippen LogP contribution in [-0.4, -0.2) is 7.11 Å². The van der Waals surface area contributed by atoms with Crippen molar-refractivity contribution in [2.45, 2.75) is 19.9 Å². The van der Waals surface area contributed by atoms with E-state index in [1.807, 2.05) is 31.2 Å². The molecular formula is C14H15Cl2NOS. The number of hydrogen-bond donors (Lipinski definition) is 1. The van der Waals surface area contributed by atoms with Gasteiger partial charge in [-0.25, -0.2) is 0 Å². The molecule has 2 nitrogen and oxygen atoms in total. The van der Waals surface area contributed by atoms with Crippen LogP contribution in [0.15, 0.2) is 24.3 Å². The van der Waals surface area contributed by atoms with E-state index in [1.54, 1.807) is 18.4 Å². The SMILES string of the molecule is COc1cc(Cl)c(C)cc1NC(C)c1ccc(Cl)s1. The van der Waals surface area contributed by atoms with Crippen molar-refractivity contribution in [1.29, 1.82) is 0 Å². The van der Waals surface area contributed by atoms with E-state index in [-0.39, 0.29) is 6.04 Å². The maximum atomic E-state index is 6.10. The highest BCUT2D eigenvalue weighted by molar-refractivity contribution is 7.16. The number of nitrogens with one attached hydrogen (secondary N) is 1. The van der Waals surface area contributed by atoms with Crippen molar-refractivity contribution in [3.63, 3.8) is 0 Å². The molecular weight excluding hydrogens is 301 g/mol. The van der Waals surface area contributed by atoms with Gasteiger partial charge in [-0.2, -0.15) is 0 Å². The number of rotatable bonds is 4. The summed E-state index contributed by atoms with van der Waals surface area (Å²) in [6.07, 6.45) is 0. The van der Waals surface area contributed by atoms with Crippen LogP contribution in [0, 0.1) is 6.92 Å². The van der Waals surface area contributed by atoms with Crippen molar-refractivity contribution in [3.05, 3.63) is 44.1 Å². The minimum Gasteiger partial charge on any atom is -0.495 e. The van der Waals surface area contributed by atoms with E-state index in [4.69, 9.17) is 27.9 Å². The molecule has 1 heterocycles. The highest BCUT2D eigenvalue weighted by Crippen LogP contribution is 2.35. The molecule has 0 fully saturated rings. The van der Waals surface area contributed by atoms with Gasteiger partial charge in [0.1, 0.15) is 5.75 Å². The maximum Gasteiger partial charge on any atom is 0.143 e. The van der Waals surface area contributed by atoms with Gasteiger partial charge < -0.3 is 10.1 Å². The Hall–Kier alpha value is -0.900. The lowest BCUT2D eigenvalue weighted by Crippen LogP contribution is -2.06. The number of methoxy groups -OCH3 is 1. The second-order valence-corrected chi connectivity index (χ2v) is 6.46. The first kappa shape index (κ1) is 14.5. The largest absolute Gasteiger partial charge is 0.495 e. The normalized spacial score (nSPS) is 12.3. The molecule has 0 saturated carbocycles. The third-order valence-corrected chi connectivity index (χ3v) is 4.69. The molecule has 0 aliphatic carbocycles. The summed E-state index contributed by atoms with van der Waals surface area (Å²) in [5, 5.41) is 4.13. The van der Waals surface area contributed by atoms with Crippen LogP contribution in [0.25, 0.3) is 0 Å². The van der Waals surface area contributed by atoms with Gasteiger partial charge in [-0.05, 0) is 37.6 Å². The van der Waals surface area contributed by atoms with Crippen LogP contribution in [0.2, 0.25) is 9.36 Å². The topological polar surface area (TPSA) is 21.3 Å². The standard InChI is InChI=1S/C14H15Cl2NOS/c1-8-6-11(12(18-3)7-10(8)15)17-9(2)13-4-5-14(16)19-13/h4-7,9,17H,1-3H3. The lowest BCUT2D eigenvalue weighted by atomic mass is 10.2. The molecule has 2 rings (SSSR count). The second-order valence-electron chi connectivity index (χ2n) is 4.31. The van der Waals surface area contributed by atoms with E-state index < -0.39 is 0 Å². The van der Waals surface area contributed by atoms with Gasteiger partial charge in [-0.1, -0.05) is 23.2 Å². The number of ether oxygens (including phenoxy) is 1. The van der Waals surface area contributed by atoms with Gasteiger partial charge in [0, 0.05) is 16.0 Å². The first-order valence-corrected chi connectivity index (χ1v) is 7.44. The van der Waals surface area contributed by atoms with Crippen LogP contribution in [0.3, 0.4) is 0 Å². The Morgan fingerprint density at radius 3 is 2.58 bits per heavy atom. The summed E-state index contributed by atoms with van der Waals surface area (Å²) in [7, 11) is 1.64. The molecule has 2 aromatic rings. The molecule has 1 aromatic heterocycles. The van der Waals surface area contributed by atoms with Gasteiger partial charge in [0.15, 0.2) is 0 Å². The van der Waals surface area contributed by atoms with Crippen LogP contribution in [-0.2, 0) is 0 Å². The Balaban J connectivity index is 2.25. The van der Waals surface area contributed by atoms with Crippen molar-refractivity contribution in [2.75, 3.05) is 12.4 Å². The molecule has 5 heteroatoms. The van der Waals surface area contributed by atoms with Gasteiger partial charge >= 0.3 is 0 Å². The summed E-state index contributed by atoms with van der Waals surface area (Å²) in [5.41, 5.74) is 1.95. The molecule has 102 valence electrons. The van der Waals surface area contributed by atoms with Crippen LogP contribution in [0.1, 0.15) is 23.4 Å². The van der Waals surface area contributed by atoms with Gasteiger partial charge in [-0.15, -0.1) is 11.3 Å². The van der Waals surface area contributed by atoms with E-state index in [0.29, 0.717) is 5.02 Å². The summed E-state index contributed by atoms with van der Waals surface area (Å²) in [6.45, 7) is 4.06. The Morgan fingerprint density at radius 1 is 1.26 bits per heavy atom. The fraction of sp³-hybridized carbons (Fsp3) is 0.286. The third kappa shape index (κ3) is 3.35. The molecule has 1 unspecified atom stereocenters. The lowest BCUT2D eigenvalue weighted by molar-refractivity contribution is 0.416. The third-order valence-electron chi connectivity index (χ3n) is 2.87. The number of halogens is 2. The highest BCUT2D eigenvalue weighted by atomic mass is 35.5. The Morgan fingerprint density at radius 2 is 2.00 bits per heavy atom. The van der Waals surface area contributed by atoms with E-state index in [2.05, 4.69) is 12.2 Å². The van der Waals surface area contributed by atoms with Gasteiger partial charge in [0.2, 0.25) is 0 Å². The van der Waals surface area contributed by atoms with Gasteiger partial charge in [0.25, 0.3) is 0 Å². The first-order valence-electron chi connectivity index (χ1n) is 5.87. The molecule has 1 N–H and O–H groups in total. The summed E-state index contributed by atoms with van der Waals surface area (Å²) >= 11 is 13.6. The van der Waals surface area contributed by atoms with Crippen molar-refractivity contribution >= 4 is 40.2 Å². The Kier molecular flexibility index (Phi) is 4.61. The van der Waals surface area contributed by atoms with Gasteiger partial charge in [-0.3, -0.25) is 0 Å². The molecule has 0 bridgehead atoms. The molecule has 0 aliphatic heterocycles. The van der Waals surface area contributed by atoms with Crippen molar-refractivity contribution in [2.24, 2.45) is 0 Å². The number of aryl methyl sites for hydroxylation is 1. The lowest BCUT2D eigenvalue weighted by Gasteiger charge is -2.17.